The molecule has 1 aliphatic carbocycles. The molecular weight excluding hydrogens is 426 g/mol. The smallest absolute Gasteiger partial charge is 0.271 e. The number of carbonyl (C=O) groups excluding carboxylic acids is 2. The molecule has 6 heteroatoms. The Hall–Kier alpha value is -3.54. The Bertz CT molecular complexity index is 1200. The molecule has 2 heterocycles. The minimum atomic E-state index is -1.03. The molecule has 3 aromatic rings. The second-order valence-corrected chi connectivity index (χ2v) is 9.53. The first kappa shape index (κ1) is 22.3. The lowest BCUT2D eigenvalue weighted by Crippen LogP contribution is -2.64. The number of carbonyl (C=O) groups is 2. The highest BCUT2D eigenvalue weighted by Gasteiger charge is 2.48. The lowest BCUT2D eigenvalue weighted by atomic mass is 9.93. The summed E-state index contributed by atoms with van der Waals surface area (Å²) >= 11 is 0. The van der Waals surface area contributed by atoms with Crippen molar-refractivity contribution in [2.75, 3.05) is 7.11 Å². The molecule has 0 saturated heterocycles. The normalized spacial score (nSPS) is 20.3. The van der Waals surface area contributed by atoms with E-state index in [1.54, 1.807) is 12.0 Å². The van der Waals surface area contributed by atoms with Gasteiger partial charge in [0.15, 0.2) is 0 Å². The standard InChI is InChI=1S/C28H31N3O3/c1-28(27(33)29-22-12-6-7-13-22)19-30-24(21-10-4-3-5-11-21)15-16-25(30)26(32)31(28)18-20-9-8-14-23(17-20)34-2/h3-5,8-11,14-17,22H,6-7,12-13,18-19H2,1-2H3,(H,29,33). The van der Waals surface area contributed by atoms with Gasteiger partial charge in [0.2, 0.25) is 5.91 Å². The third-order valence-corrected chi connectivity index (χ3v) is 7.23. The molecule has 1 aromatic heterocycles. The maximum atomic E-state index is 13.9. The van der Waals surface area contributed by atoms with Crippen LogP contribution in [0.4, 0.5) is 0 Å². The third kappa shape index (κ3) is 3.98. The zero-order valence-electron chi connectivity index (χ0n) is 19.8. The van der Waals surface area contributed by atoms with E-state index in [4.69, 9.17) is 4.74 Å². The summed E-state index contributed by atoms with van der Waals surface area (Å²) < 4.78 is 7.39. The van der Waals surface area contributed by atoms with Crippen LogP contribution in [0.5, 0.6) is 5.75 Å². The van der Waals surface area contributed by atoms with Crippen LogP contribution in [-0.2, 0) is 17.9 Å². The molecule has 1 unspecified atom stereocenters. The zero-order chi connectivity index (χ0) is 23.7. The van der Waals surface area contributed by atoms with Crippen molar-refractivity contribution in [2.45, 2.75) is 57.3 Å². The fourth-order valence-electron chi connectivity index (χ4n) is 5.25. The molecular formula is C28H31N3O3. The number of amides is 2. The summed E-state index contributed by atoms with van der Waals surface area (Å²) in [6, 6.07) is 21.7. The minimum Gasteiger partial charge on any atom is -0.497 e. The van der Waals surface area contributed by atoms with Crippen molar-refractivity contribution in [2.24, 2.45) is 0 Å². The van der Waals surface area contributed by atoms with E-state index in [0.717, 1.165) is 48.3 Å². The zero-order valence-corrected chi connectivity index (χ0v) is 19.8. The van der Waals surface area contributed by atoms with Gasteiger partial charge in [-0.25, -0.2) is 0 Å². The molecule has 1 N–H and O–H groups in total. The van der Waals surface area contributed by atoms with Crippen LogP contribution in [0.25, 0.3) is 11.3 Å². The second-order valence-electron chi connectivity index (χ2n) is 9.53. The maximum absolute atomic E-state index is 13.9. The highest BCUT2D eigenvalue weighted by Crippen LogP contribution is 2.35. The fraction of sp³-hybridized carbons (Fsp3) is 0.357. The van der Waals surface area contributed by atoms with Crippen molar-refractivity contribution < 1.29 is 14.3 Å². The number of hydrogen-bond donors (Lipinski definition) is 1. The molecule has 2 aromatic carbocycles. The molecule has 5 rings (SSSR count). The monoisotopic (exact) mass is 457 g/mol. The van der Waals surface area contributed by atoms with Crippen molar-refractivity contribution in [3.8, 4) is 17.0 Å². The molecule has 34 heavy (non-hydrogen) atoms. The SMILES string of the molecule is COc1cccc(CN2C(=O)c3ccc(-c4ccccc4)n3CC2(C)C(=O)NC2CCCC2)c1. The van der Waals surface area contributed by atoms with E-state index in [1.807, 2.05) is 78.2 Å². The van der Waals surface area contributed by atoms with Gasteiger partial charge in [-0.2, -0.15) is 0 Å². The van der Waals surface area contributed by atoms with Crippen LogP contribution in [0.2, 0.25) is 0 Å². The van der Waals surface area contributed by atoms with Gasteiger partial charge in [-0.15, -0.1) is 0 Å². The van der Waals surface area contributed by atoms with Gasteiger partial charge in [-0.05, 0) is 55.2 Å². The summed E-state index contributed by atoms with van der Waals surface area (Å²) in [5, 5.41) is 3.26. The van der Waals surface area contributed by atoms with Crippen LogP contribution in [0.3, 0.4) is 0 Å². The number of nitrogens with zero attached hydrogens (tertiary/aromatic N) is 2. The number of nitrogens with one attached hydrogen (secondary N) is 1. The molecule has 176 valence electrons. The first-order valence-corrected chi connectivity index (χ1v) is 12.0. The first-order chi connectivity index (χ1) is 16.5. The first-order valence-electron chi connectivity index (χ1n) is 12.0. The summed E-state index contributed by atoms with van der Waals surface area (Å²) in [4.78, 5) is 29.4. The molecule has 1 aliphatic heterocycles. The van der Waals surface area contributed by atoms with E-state index < -0.39 is 5.54 Å². The Morgan fingerprint density at radius 1 is 1.03 bits per heavy atom. The summed E-state index contributed by atoms with van der Waals surface area (Å²) in [6.45, 7) is 2.62. The van der Waals surface area contributed by atoms with Crippen LogP contribution in [-0.4, -0.2) is 40.0 Å². The van der Waals surface area contributed by atoms with Gasteiger partial charge >= 0.3 is 0 Å². The fourth-order valence-corrected chi connectivity index (χ4v) is 5.25. The maximum Gasteiger partial charge on any atom is 0.271 e. The van der Waals surface area contributed by atoms with Crippen LogP contribution in [0.15, 0.2) is 66.7 Å². The third-order valence-electron chi connectivity index (χ3n) is 7.23. The van der Waals surface area contributed by atoms with E-state index in [0.29, 0.717) is 18.8 Å². The van der Waals surface area contributed by atoms with E-state index in [2.05, 4.69) is 5.32 Å². The lowest BCUT2D eigenvalue weighted by molar-refractivity contribution is -0.133. The molecule has 0 bridgehead atoms. The highest BCUT2D eigenvalue weighted by atomic mass is 16.5. The molecule has 0 radical (unpaired) electrons. The van der Waals surface area contributed by atoms with E-state index in [1.165, 1.54) is 0 Å². The quantitative estimate of drug-likeness (QED) is 0.587. The van der Waals surface area contributed by atoms with Gasteiger partial charge in [0, 0.05) is 18.3 Å². The Morgan fingerprint density at radius 3 is 2.50 bits per heavy atom. The van der Waals surface area contributed by atoms with Crippen molar-refractivity contribution in [1.29, 1.82) is 0 Å². The molecule has 2 aliphatic rings. The molecule has 1 fully saturated rings. The van der Waals surface area contributed by atoms with Gasteiger partial charge < -0.3 is 19.5 Å². The van der Waals surface area contributed by atoms with Gasteiger partial charge in [-0.3, -0.25) is 9.59 Å². The Morgan fingerprint density at radius 2 is 1.76 bits per heavy atom. The van der Waals surface area contributed by atoms with Crippen molar-refractivity contribution in [1.82, 2.24) is 14.8 Å². The topological polar surface area (TPSA) is 63.6 Å². The van der Waals surface area contributed by atoms with Crippen LogP contribution in [0.1, 0.15) is 48.7 Å². The predicted molar refractivity (Wildman–Crippen MR) is 132 cm³/mol. The van der Waals surface area contributed by atoms with Gasteiger partial charge in [0.1, 0.15) is 17.0 Å². The van der Waals surface area contributed by atoms with E-state index >= 15 is 0 Å². The largest absolute Gasteiger partial charge is 0.497 e. The number of methoxy groups -OCH3 is 1. The average Bonchev–Trinajstić information content (AvgIpc) is 3.52. The molecule has 0 spiro atoms. The highest BCUT2D eigenvalue weighted by molar-refractivity contribution is 6.00. The molecule has 2 amide bonds. The minimum absolute atomic E-state index is 0.0889. The number of fused-ring (bicyclic) bond motifs is 1. The van der Waals surface area contributed by atoms with Crippen LogP contribution < -0.4 is 10.1 Å². The number of ether oxygens (including phenoxy) is 1. The Labute approximate surface area is 200 Å². The van der Waals surface area contributed by atoms with Gasteiger partial charge in [0.05, 0.1) is 13.7 Å². The van der Waals surface area contributed by atoms with Gasteiger partial charge in [-0.1, -0.05) is 55.3 Å². The molecule has 1 atom stereocenters. The van der Waals surface area contributed by atoms with Crippen LogP contribution >= 0.6 is 0 Å². The van der Waals surface area contributed by atoms with Crippen molar-refractivity contribution >= 4 is 11.8 Å². The summed E-state index contributed by atoms with van der Waals surface area (Å²) in [5.41, 5.74) is 2.48. The summed E-state index contributed by atoms with van der Waals surface area (Å²) in [5.74, 6) is 0.503. The number of benzene rings is 2. The summed E-state index contributed by atoms with van der Waals surface area (Å²) in [7, 11) is 1.63. The molecule has 1 saturated carbocycles. The Kier molecular flexibility index (Phi) is 5.90. The molecule has 6 nitrogen and oxygen atoms in total. The predicted octanol–water partition coefficient (Wildman–Crippen LogP) is 4.64. The average molecular weight is 458 g/mol. The lowest BCUT2D eigenvalue weighted by Gasteiger charge is -2.45. The van der Waals surface area contributed by atoms with Crippen molar-refractivity contribution in [3.05, 3.63) is 78.0 Å². The van der Waals surface area contributed by atoms with Crippen LogP contribution in [0, 0.1) is 0 Å². The van der Waals surface area contributed by atoms with Gasteiger partial charge in [0.25, 0.3) is 5.91 Å². The number of aromatic nitrogens is 1. The van der Waals surface area contributed by atoms with E-state index in [9.17, 15) is 9.59 Å². The number of hydrogen-bond acceptors (Lipinski definition) is 3. The number of rotatable bonds is 6. The van der Waals surface area contributed by atoms with E-state index in [-0.39, 0.29) is 17.9 Å². The summed E-state index contributed by atoms with van der Waals surface area (Å²) in [6.07, 6.45) is 4.26. The Balaban J connectivity index is 1.55. The van der Waals surface area contributed by atoms with Crippen molar-refractivity contribution in [3.63, 3.8) is 0 Å². The second kappa shape index (κ2) is 9.01.